The van der Waals surface area contributed by atoms with Crippen molar-refractivity contribution in [2.45, 2.75) is 45.1 Å². The zero-order valence-corrected chi connectivity index (χ0v) is 12.9. The van der Waals surface area contributed by atoms with Crippen LogP contribution in [0.4, 0.5) is 5.69 Å². The lowest BCUT2D eigenvalue weighted by atomic mass is 9.84. The Bertz CT molecular complexity index is 484. The van der Waals surface area contributed by atoms with Gasteiger partial charge in [-0.1, -0.05) is 24.9 Å². The molecule has 1 fully saturated rings. The number of halogens is 1. The van der Waals surface area contributed by atoms with Gasteiger partial charge in [-0.2, -0.15) is 0 Å². The topological polar surface area (TPSA) is 59.2 Å². The molecule has 0 aliphatic heterocycles. The van der Waals surface area contributed by atoms with Gasteiger partial charge in [0.15, 0.2) is 0 Å². The van der Waals surface area contributed by atoms with Crippen molar-refractivity contribution in [3.05, 3.63) is 23.0 Å². The summed E-state index contributed by atoms with van der Waals surface area (Å²) in [5.41, 5.74) is 6.66. The van der Waals surface area contributed by atoms with Crippen molar-refractivity contribution in [1.29, 1.82) is 0 Å². The van der Waals surface area contributed by atoms with E-state index in [1.165, 1.54) is 25.5 Å². The summed E-state index contributed by atoms with van der Waals surface area (Å²) in [6, 6.07) is 1.85. The Kier molecular flexibility index (Phi) is 4.86. The largest absolute Gasteiger partial charge is 0.397 e. The van der Waals surface area contributed by atoms with Gasteiger partial charge < -0.3 is 10.6 Å². The van der Waals surface area contributed by atoms with E-state index in [4.69, 9.17) is 17.3 Å². The maximum atomic E-state index is 12.5. The third-order valence-corrected chi connectivity index (χ3v) is 4.60. The molecule has 1 amide bonds. The zero-order chi connectivity index (χ0) is 14.7. The third kappa shape index (κ3) is 3.23. The van der Waals surface area contributed by atoms with Gasteiger partial charge in [-0.15, -0.1) is 0 Å². The molecule has 5 heteroatoms. The third-order valence-electron chi connectivity index (χ3n) is 4.39. The molecular weight excluding hydrogens is 274 g/mol. The van der Waals surface area contributed by atoms with Crippen LogP contribution in [0.15, 0.2) is 12.3 Å². The molecule has 0 bridgehead atoms. The normalized spacial score (nSPS) is 22.6. The standard InChI is InChI=1S/C15H22ClN3O/c1-3-10-4-6-11(7-5-10)19(2)15(20)12-8-14(16)18-9-13(12)17/h8-11H,3-7,17H2,1-2H3. The average molecular weight is 296 g/mol. The summed E-state index contributed by atoms with van der Waals surface area (Å²) in [6.45, 7) is 2.24. The first-order valence-corrected chi connectivity index (χ1v) is 7.58. The molecule has 2 rings (SSSR count). The number of rotatable bonds is 3. The van der Waals surface area contributed by atoms with Gasteiger partial charge in [-0.05, 0) is 37.7 Å². The predicted molar refractivity (Wildman–Crippen MR) is 81.8 cm³/mol. The first-order valence-electron chi connectivity index (χ1n) is 7.21. The van der Waals surface area contributed by atoms with Crippen molar-refractivity contribution >= 4 is 23.2 Å². The molecule has 4 nitrogen and oxygen atoms in total. The number of amides is 1. The van der Waals surface area contributed by atoms with Crippen LogP contribution < -0.4 is 5.73 Å². The second kappa shape index (κ2) is 6.44. The lowest BCUT2D eigenvalue weighted by Gasteiger charge is -2.34. The number of aromatic nitrogens is 1. The number of nitrogens with two attached hydrogens (primary N) is 1. The molecule has 0 unspecified atom stereocenters. The first kappa shape index (κ1) is 15.1. The summed E-state index contributed by atoms with van der Waals surface area (Å²) >= 11 is 5.85. The van der Waals surface area contributed by atoms with E-state index in [0.717, 1.165) is 18.8 Å². The Morgan fingerprint density at radius 3 is 2.70 bits per heavy atom. The molecule has 20 heavy (non-hydrogen) atoms. The maximum Gasteiger partial charge on any atom is 0.256 e. The number of pyridine rings is 1. The van der Waals surface area contributed by atoms with Crippen LogP contribution in [0.25, 0.3) is 0 Å². The molecule has 1 aliphatic carbocycles. The molecule has 0 spiro atoms. The van der Waals surface area contributed by atoms with E-state index in [1.54, 1.807) is 6.07 Å². The monoisotopic (exact) mass is 295 g/mol. The molecule has 0 radical (unpaired) electrons. The molecule has 1 aliphatic rings. The number of anilines is 1. The second-order valence-corrected chi connectivity index (χ2v) is 5.98. The minimum atomic E-state index is -0.0632. The molecule has 1 aromatic heterocycles. The van der Waals surface area contributed by atoms with Crippen LogP contribution in [-0.4, -0.2) is 28.9 Å². The van der Waals surface area contributed by atoms with Crippen molar-refractivity contribution in [1.82, 2.24) is 9.88 Å². The number of nitrogen functional groups attached to an aromatic ring is 1. The molecule has 2 N–H and O–H groups in total. The Hall–Kier alpha value is -1.29. The average Bonchev–Trinajstić information content (AvgIpc) is 2.48. The van der Waals surface area contributed by atoms with E-state index < -0.39 is 0 Å². The number of hydrogen-bond acceptors (Lipinski definition) is 3. The molecule has 110 valence electrons. The fourth-order valence-corrected chi connectivity index (χ4v) is 3.08. The Balaban J connectivity index is 2.07. The van der Waals surface area contributed by atoms with E-state index in [9.17, 15) is 4.79 Å². The summed E-state index contributed by atoms with van der Waals surface area (Å²) in [7, 11) is 1.85. The SMILES string of the molecule is CCC1CCC(N(C)C(=O)c2cc(Cl)ncc2N)CC1. The Morgan fingerprint density at radius 1 is 1.45 bits per heavy atom. The van der Waals surface area contributed by atoms with Gasteiger partial charge in [-0.25, -0.2) is 4.98 Å². The van der Waals surface area contributed by atoms with Gasteiger partial charge in [0.2, 0.25) is 0 Å². The van der Waals surface area contributed by atoms with E-state index in [1.807, 2.05) is 11.9 Å². The highest BCUT2D eigenvalue weighted by Crippen LogP contribution is 2.30. The molecule has 1 aromatic rings. The molecule has 1 heterocycles. The lowest BCUT2D eigenvalue weighted by molar-refractivity contribution is 0.0675. The Morgan fingerprint density at radius 2 is 2.10 bits per heavy atom. The van der Waals surface area contributed by atoms with Crippen LogP contribution in [0.2, 0.25) is 5.15 Å². The van der Waals surface area contributed by atoms with Crippen LogP contribution in [0.3, 0.4) is 0 Å². The molecule has 0 aromatic carbocycles. The van der Waals surface area contributed by atoms with Crippen molar-refractivity contribution in [2.24, 2.45) is 5.92 Å². The summed E-state index contributed by atoms with van der Waals surface area (Å²) < 4.78 is 0. The molecular formula is C15H22ClN3O. The van der Waals surface area contributed by atoms with Crippen LogP contribution in [0, 0.1) is 5.92 Å². The van der Waals surface area contributed by atoms with Crippen LogP contribution >= 0.6 is 11.6 Å². The number of hydrogen-bond donors (Lipinski definition) is 1. The summed E-state index contributed by atoms with van der Waals surface area (Å²) in [5.74, 6) is 0.752. The fraction of sp³-hybridized carbons (Fsp3) is 0.600. The van der Waals surface area contributed by atoms with Gasteiger partial charge in [0.25, 0.3) is 5.91 Å². The maximum absolute atomic E-state index is 12.5. The number of carbonyl (C=O) groups is 1. The smallest absolute Gasteiger partial charge is 0.256 e. The minimum absolute atomic E-state index is 0.0632. The fourth-order valence-electron chi connectivity index (χ4n) is 2.92. The number of carbonyl (C=O) groups excluding carboxylic acids is 1. The van der Waals surface area contributed by atoms with E-state index >= 15 is 0 Å². The van der Waals surface area contributed by atoms with Crippen LogP contribution in [0.5, 0.6) is 0 Å². The molecule has 0 atom stereocenters. The zero-order valence-electron chi connectivity index (χ0n) is 12.1. The van der Waals surface area contributed by atoms with Crippen molar-refractivity contribution in [2.75, 3.05) is 12.8 Å². The first-order chi connectivity index (χ1) is 9.52. The van der Waals surface area contributed by atoms with Crippen LogP contribution in [0.1, 0.15) is 49.4 Å². The Labute approximate surface area is 125 Å². The van der Waals surface area contributed by atoms with Gasteiger partial charge in [0.1, 0.15) is 5.15 Å². The second-order valence-electron chi connectivity index (χ2n) is 5.59. The summed E-state index contributed by atoms with van der Waals surface area (Å²) in [5, 5.41) is 0.297. The van der Waals surface area contributed by atoms with Gasteiger partial charge >= 0.3 is 0 Å². The highest BCUT2D eigenvalue weighted by Gasteiger charge is 2.27. The van der Waals surface area contributed by atoms with E-state index in [2.05, 4.69) is 11.9 Å². The summed E-state index contributed by atoms with van der Waals surface area (Å²) in [4.78, 5) is 18.2. The predicted octanol–water partition coefficient (Wildman–Crippen LogP) is 3.36. The van der Waals surface area contributed by atoms with Gasteiger partial charge in [-0.3, -0.25) is 4.79 Å². The van der Waals surface area contributed by atoms with Crippen molar-refractivity contribution in [3.8, 4) is 0 Å². The highest BCUT2D eigenvalue weighted by atomic mass is 35.5. The molecule has 1 saturated carbocycles. The lowest BCUT2D eigenvalue weighted by Crippen LogP contribution is -2.39. The quantitative estimate of drug-likeness (QED) is 0.870. The van der Waals surface area contributed by atoms with E-state index in [-0.39, 0.29) is 5.91 Å². The van der Waals surface area contributed by atoms with Crippen molar-refractivity contribution in [3.63, 3.8) is 0 Å². The van der Waals surface area contributed by atoms with Gasteiger partial charge in [0.05, 0.1) is 17.4 Å². The minimum Gasteiger partial charge on any atom is -0.397 e. The van der Waals surface area contributed by atoms with Crippen molar-refractivity contribution < 1.29 is 4.79 Å². The number of nitrogens with zero attached hydrogens (tertiary/aromatic N) is 2. The van der Waals surface area contributed by atoms with Crippen LogP contribution in [-0.2, 0) is 0 Å². The van der Waals surface area contributed by atoms with Gasteiger partial charge in [0, 0.05) is 13.1 Å². The van der Waals surface area contributed by atoms with E-state index in [0.29, 0.717) is 22.4 Å². The summed E-state index contributed by atoms with van der Waals surface area (Å²) in [6.07, 6.45) is 7.21. The highest BCUT2D eigenvalue weighted by molar-refractivity contribution is 6.29. The molecule has 0 saturated heterocycles.